The summed E-state index contributed by atoms with van der Waals surface area (Å²) in [5, 5.41) is 0.716. The molecule has 0 saturated heterocycles. The average Bonchev–Trinajstić information content (AvgIpc) is 2.52. The Morgan fingerprint density at radius 2 is 2.12 bits per heavy atom. The number of carbonyl (C=O) groups excluding carboxylic acids is 1. The lowest BCUT2D eigenvalue weighted by Gasteiger charge is -1.99. The Kier molecular flexibility index (Phi) is 2.42. The highest BCUT2D eigenvalue weighted by Crippen LogP contribution is 2.26. The summed E-state index contributed by atoms with van der Waals surface area (Å²) in [5.41, 5.74) is 1.96. The van der Waals surface area contributed by atoms with Crippen molar-refractivity contribution in [3.05, 3.63) is 35.3 Å². The van der Waals surface area contributed by atoms with Crippen LogP contribution in [-0.4, -0.2) is 17.6 Å². The zero-order chi connectivity index (χ0) is 11.9. The number of esters is 1. The highest BCUT2D eigenvalue weighted by Gasteiger charge is 2.18. The molecule has 0 bridgehead atoms. The molecule has 1 aromatic carbocycles. The van der Waals surface area contributed by atoms with Gasteiger partial charge in [-0.05, 0) is 25.1 Å². The Labute approximate surface area is 92.4 Å². The molecule has 0 aliphatic carbocycles. The number of fused-ring (bicyclic) bond motifs is 1. The molecule has 2 rings (SSSR count). The molecule has 0 aliphatic heterocycles. The standard InChI is InChI=1S/C12H12FNO2/c1-7-11(12(15)16-3)9-5-4-8(13)6-10(9)14(7)2/h4-6H,1-3H3. The van der Waals surface area contributed by atoms with Crippen molar-refractivity contribution in [2.75, 3.05) is 7.11 Å². The fraction of sp³-hybridized carbons (Fsp3) is 0.250. The van der Waals surface area contributed by atoms with Gasteiger partial charge in [-0.1, -0.05) is 0 Å². The minimum atomic E-state index is -0.394. The lowest BCUT2D eigenvalue weighted by molar-refractivity contribution is 0.0602. The van der Waals surface area contributed by atoms with E-state index >= 15 is 0 Å². The van der Waals surface area contributed by atoms with Crippen LogP contribution in [0.25, 0.3) is 10.9 Å². The normalized spacial score (nSPS) is 10.8. The fourth-order valence-corrected chi connectivity index (χ4v) is 1.90. The van der Waals surface area contributed by atoms with E-state index in [9.17, 15) is 9.18 Å². The zero-order valence-electron chi connectivity index (χ0n) is 9.37. The summed E-state index contributed by atoms with van der Waals surface area (Å²) in [6.07, 6.45) is 0. The van der Waals surface area contributed by atoms with Gasteiger partial charge in [-0.3, -0.25) is 0 Å². The number of halogens is 1. The van der Waals surface area contributed by atoms with E-state index in [2.05, 4.69) is 0 Å². The monoisotopic (exact) mass is 221 g/mol. The Bertz CT molecular complexity index is 572. The first kappa shape index (κ1) is 10.7. The third kappa shape index (κ3) is 1.38. The third-order valence-corrected chi connectivity index (χ3v) is 2.84. The maximum absolute atomic E-state index is 13.1. The summed E-state index contributed by atoms with van der Waals surface area (Å²) in [7, 11) is 3.13. The minimum Gasteiger partial charge on any atom is -0.465 e. The average molecular weight is 221 g/mol. The molecule has 0 amide bonds. The summed E-state index contributed by atoms with van der Waals surface area (Å²) in [5.74, 6) is -0.709. The summed E-state index contributed by atoms with van der Waals surface area (Å²) < 4.78 is 19.6. The van der Waals surface area contributed by atoms with E-state index < -0.39 is 5.97 Å². The number of methoxy groups -OCH3 is 1. The molecule has 1 heterocycles. The van der Waals surface area contributed by atoms with Crippen molar-refractivity contribution >= 4 is 16.9 Å². The number of benzene rings is 1. The largest absolute Gasteiger partial charge is 0.465 e. The van der Waals surface area contributed by atoms with Crippen LogP contribution in [-0.2, 0) is 11.8 Å². The summed E-state index contributed by atoms with van der Waals surface area (Å²) in [6.45, 7) is 1.81. The van der Waals surface area contributed by atoms with E-state index in [1.165, 1.54) is 19.2 Å². The third-order valence-electron chi connectivity index (χ3n) is 2.84. The van der Waals surface area contributed by atoms with Crippen LogP contribution in [0.1, 0.15) is 16.1 Å². The zero-order valence-corrected chi connectivity index (χ0v) is 9.37. The van der Waals surface area contributed by atoms with E-state index in [0.717, 1.165) is 5.69 Å². The smallest absolute Gasteiger partial charge is 0.340 e. The number of ether oxygens (including phenoxy) is 1. The van der Waals surface area contributed by atoms with Crippen LogP contribution >= 0.6 is 0 Å². The first-order chi connectivity index (χ1) is 7.56. The van der Waals surface area contributed by atoms with Crippen molar-refractivity contribution < 1.29 is 13.9 Å². The molecule has 4 heteroatoms. The van der Waals surface area contributed by atoms with E-state index in [1.54, 1.807) is 17.7 Å². The molecular weight excluding hydrogens is 209 g/mol. The van der Waals surface area contributed by atoms with Gasteiger partial charge in [0.05, 0.1) is 18.2 Å². The topological polar surface area (TPSA) is 31.2 Å². The number of aryl methyl sites for hydroxylation is 1. The summed E-state index contributed by atoms with van der Waals surface area (Å²) >= 11 is 0. The predicted octanol–water partition coefficient (Wildman–Crippen LogP) is 2.41. The van der Waals surface area contributed by atoms with Gasteiger partial charge in [0.15, 0.2) is 0 Å². The minimum absolute atomic E-state index is 0.315. The molecule has 0 radical (unpaired) electrons. The van der Waals surface area contributed by atoms with Crippen LogP contribution in [0, 0.1) is 12.7 Å². The van der Waals surface area contributed by atoms with E-state index in [0.29, 0.717) is 16.5 Å². The number of nitrogens with zero attached hydrogens (tertiary/aromatic N) is 1. The highest BCUT2D eigenvalue weighted by molar-refractivity contribution is 6.05. The summed E-state index contributed by atoms with van der Waals surface area (Å²) in [6, 6.07) is 4.35. The van der Waals surface area contributed by atoms with Crippen molar-refractivity contribution in [3.63, 3.8) is 0 Å². The molecule has 0 unspecified atom stereocenters. The van der Waals surface area contributed by atoms with E-state index in [-0.39, 0.29) is 5.82 Å². The Hall–Kier alpha value is -1.84. The van der Waals surface area contributed by atoms with Gasteiger partial charge in [0, 0.05) is 18.1 Å². The van der Waals surface area contributed by atoms with Crippen LogP contribution in [0.4, 0.5) is 4.39 Å². The first-order valence-electron chi connectivity index (χ1n) is 4.89. The molecule has 16 heavy (non-hydrogen) atoms. The molecule has 84 valence electrons. The van der Waals surface area contributed by atoms with Gasteiger partial charge in [0.25, 0.3) is 0 Å². The molecule has 2 aromatic rings. The number of aromatic nitrogens is 1. The quantitative estimate of drug-likeness (QED) is 0.692. The van der Waals surface area contributed by atoms with Gasteiger partial charge in [-0.15, -0.1) is 0 Å². The van der Waals surface area contributed by atoms with Crippen LogP contribution < -0.4 is 0 Å². The fourth-order valence-electron chi connectivity index (χ4n) is 1.90. The SMILES string of the molecule is COC(=O)c1c(C)n(C)c2cc(F)ccc12. The van der Waals surface area contributed by atoms with E-state index in [4.69, 9.17) is 4.74 Å². The van der Waals surface area contributed by atoms with E-state index in [1.807, 2.05) is 6.92 Å². The van der Waals surface area contributed by atoms with Gasteiger partial charge in [-0.2, -0.15) is 0 Å². The number of hydrogen-bond donors (Lipinski definition) is 0. The van der Waals surface area contributed by atoms with Crippen LogP contribution in [0.3, 0.4) is 0 Å². The Balaban J connectivity index is 2.84. The predicted molar refractivity (Wildman–Crippen MR) is 59.0 cm³/mol. The number of carbonyl (C=O) groups is 1. The molecule has 0 aliphatic rings. The highest BCUT2D eigenvalue weighted by atomic mass is 19.1. The van der Waals surface area contributed by atoms with Gasteiger partial charge >= 0.3 is 5.97 Å². The lowest BCUT2D eigenvalue weighted by Crippen LogP contribution is -2.03. The molecule has 0 spiro atoms. The van der Waals surface area contributed by atoms with Gasteiger partial charge in [-0.25, -0.2) is 9.18 Å². The second-order valence-electron chi connectivity index (χ2n) is 3.67. The molecule has 0 N–H and O–H groups in total. The van der Waals surface area contributed by atoms with Crippen LogP contribution in [0.15, 0.2) is 18.2 Å². The second kappa shape index (κ2) is 3.63. The molecule has 0 saturated carbocycles. The van der Waals surface area contributed by atoms with Crippen molar-refractivity contribution in [2.45, 2.75) is 6.92 Å². The number of hydrogen-bond acceptors (Lipinski definition) is 2. The van der Waals surface area contributed by atoms with Gasteiger partial charge in [0.1, 0.15) is 5.82 Å². The maximum Gasteiger partial charge on any atom is 0.340 e. The van der Waals surface area contributed by atoms with Crippen molar-refractivity contribution in [3.8, 4) is 0 Å². The van der Waals surface area contributed by atoms with Crippen molar-refractivity contribution in [2.24, 2.45) is 7.05 Å². The molecule has 3 nitrogen and oxygen atoms in total. The van der Waals surface area contributed by atoms with Gasteiger partial charge in [0.2, 0.25) is 0 Å². The lowest BCUT2D eigenvalue weighted by atomic mass is 10.1. The molecule has 0 atom stereocenters. The van der Waals surface area contributed by atoms with Crippen molar-refractivity contribution in [1.82, 2.24) is 4.57 Å². The van der Waals surface area contributed by atoms with Crippen molar-refractivity contribution in [1.29, 1.82) is 0 Å². The van der Waals surface area contributed by atoms with Gasteiger partial charge < -0.3 is 9.30 Å². The first-order valence-corrected chi connectivity index (χ1v) is 4.89. The Morgan fingerprint density at radius 1 is 1.44 bits per heavy atom. The second-order valence-corrected chi connectivity index (χ2v) is 3.67. The van der Waals surface area contributed by atoms with Crippen LogP contribution in [0.5, 0.6) is 0 Å². The van der Waals surface area contributed by atoms with Crippen LogP contribution in [0.2, 0.25) is 0 Å². The molecule has 1 aromatic heterocycles. The Morgan fingerprint density at radius 3 is 2.75 bits per heavy atom. The summed E-state index contributed by atoms with van der Waals surface area (Å²) in [4.78, 5) is 11.6. The molecular formula is C12H12FNO2. The molecule has 0 fully saturated rings. The number of rotatable bonds is 1. The maximum atomic E-state index is 13.1.